The fraction of sp³-hybridized carbons (Fsp3) is 0.909. The molecule has 0 aromatic carbocycles. The largest absolute Gasteiger partial charge is 0.481 e. The number of carboxylic acid groups (broad SMARTS) is 1. The first-order valence-electron chi connectivity index (χ1n) is 5.76. The fourth-order valence-electron chi connectivity index (χ4n) is 2.10. The summed E-state index contributed by atoms with van der Waals surface area (Å²) >= 11 is 0. The molecule has 0 amide bonds. The zero-order valence-electron chi connectivity index (χ0n) is 9.69. The normalized spacial score (nSPS) is 27.6. The molecule has 1 aliphatic rings. The number of aliphatic hydroxyl groups excluding tert-OH is 1. The molecular formula is C11H21NO4. The van der Waals surface area contributed by atoms with E-state index < -0.39 is 12.1 Å². The molecule has 5 nitrogen and oxygen atoms in total. The highest BCUT2D eigenvalue weighted by molar-refractivity contribution is 5.70. The van der Waals surface area contributed by atoms with Crippen molar-refractivity contribution < 1.29 is 19.7 Å². The third-order valence-electron chi connectivity index (χ3n) is 3.08. The van der Waals surface area contributed by atoms with Gasteiger partial charge in [-0.15, -0.1) is 0 Å². The molecule has 94 valence electrons. The van der Waals surface area contributed by atoms with Gasteiger partial charge < -0.3 is 20.3 Å². The Labute approximate surface area is 95.8 Å². The Hall–Kier alpha value is -0.650. The van der Waals surface area contributed by atoms with Gasteiger partial charge in [0, 0.05) is 19.7 Å². The highest BCUT2D eigenvalue weighted by Crippen LogP contribution is 2.24. The van der Waals surface area contributed by atoms with Gasteiger partial charge in [0.25, 0.3) is 0 Å². The summed E-state index contributed by atoms with van der Waals surface area (Å²) in [4.78, 5) is 10.7. The topological polar surface area (TPSA) is 78.8 Å². The molecule has 1 atom stereocenters. The molecule has 0 radical (unpaired) electrons. The molecule has 0 aliphatic heterocycles. The summed E-state index contributed by atoms with van der Waals surface area (Å²) in [6, 6.07) is 0.335. The third-order valence-corrected chi connectivity index (χ3v) is 3.08. The molecule has 0 heterocycles. The van der Waals surface area contributed by atoms with Gasteiger partial charge in [-0.1, -0.05) is 0 Å². The Balaban J connectivity index is 2.14. The first kappa shape index (κ1) is 13.4. The molecule has 0 saturated heterocycles. The van der Waals surface area contributed by atoms with Crippen LogP contribution in [-0.4, -0.2) is 48.6 Å². The molecule has 0 aromatic rings. The Morgan fingerprint density at radius 2 is 2.06 bits per heavy atom. The quantitative estimate of drug-likeness (QED) is 0.609. The smallest absolute Gasteiger partial charge is 0.306 e. The second kappa shape index (κ2) is 6.83. The van der Waals surface area contributed by atoms with Gasteiger partial charge in [0.15, 0.2) is 0 Å². The first-order chi connectivity index (χ1) is 7.63. The second-order valence-electron chi connectivity index (χ2n) is 4.40. The summed E-state index contributed by atoms with van der Waals surface area (Å²) in [6.07, 6.45) is 2.72. The number of carbonyl (C=O) groups is 1. The molecule has 1 aliphatic carbocycles. The van der Waals surface area contributed by atoms with Crippen LogP contribution in [0.2, 0.25) is 0 Å². The minimum Gasteiger partial charge on any atom is -0.481 e. The summed E-state index contributed by atoms with van der Waals surface area (Å²) in [5.74, 6) is -0.861. The summed E-state index contributed by atoms with van der Waals surface area (Å²) < 4.78 is 4.82. The maximum Gasteiger partial charge on any atom is 0.306 e. The maximum atomic E-state index is 10.7. The van der Waals surface area contributed by atoms with Gasteiger partial charge in [-0.3, -0.25) is 4.79 Å². The molecule has 3 N–H and O–H groups in total. The Morgan fingerprint density at radius 3 is 2.56 bits per heavy atom. The lowest BCUT2D eigenvalue weighted by Crippen LogP contribution is -2.40. The number of nitrogens with one attached hydrogen (secondary N) is 1. The molecule has 5 heteroatoms. The van der Waals surface area contributed by atoms with Gasteiger partial charge in [0.05, 0.1) is 18.6 Å². The highest BCUT2D eigenvalue weighted by atomic mass is 16.5. The van der Waals surface area contributed by atoms with E-state index in [0.717, 1.165) is 25.7 Å². The zero-order valence-corrected chi connectivity index (χ0v) is 9.69. The summed E-state index contributed by atoms with van der Waals surface area (Å²) in [7, 11) is 1.56. The zero-order chi connectivity index (χ0) is 12.0. The van der Waals surface area contributed by atoms with Gasteiger partial charge in [0.2, 0.25) is 0 Å². The molecule has 1 fully saturated rings. The standard InChI is InChI=1S/C11H21NO4/c1-16-7-10(13)6-12-9-4-2-8(3-5-9)11(14)15/h8-10,12-13H,2-7H2,1H3,(H,14,15). The van der Waals surface area contributed by atoms with Gasteiger partial charge in [-0.05, 0) is 25.7 Å². The van der Waals surface area contributed by atoms with E-state index in [1.807, 2.05) is 0 Å². The Kier molecular flexibility index (Phi) is 5.73. The lowest BCUT2D eigenvalue weighted by atomic mass is 9.86. The van der Waals surface area contributed by atoms with E-state index in [4.69, 9.17) is 9.84 Å². The summed E-state index contributed by atoms with van der Waals surface area (Å²) in [6.45, 7) is 0.841. The second-order valence-corrected chi connectivity index (χ2v) is 4.40. The van der Waals surface area contributed by atoms with Crippen molar-refractivity contribution in [3.8, 4) is 0 Å². The molecule has 0 aromatic heterocycles. The van der Waals surface area contributed by atoms with E-state index in [1.165, 1.54) is 0 Å². The summed E-state index contributed by atoms with van der Waals surface area (Å²) in [5.41, 5.74) is 0. The molecule has 0 spiro atoms. The Morgan fingerprint density at radius 1 is 1.44 bits per heavy atom. The molecule has 1 rings (SSSR count). The minimum absolute atomic E-state index is 0.179. The van der Waals surface area contributed by atoms with Crippen molar-refractivity contribution in [1.29, 1.82) is 0 Å². The van der Waals surface area contributed by atoms with Crippen molar-refractivity contribution in [2.75, 3.05) is 20.3 Å². The number of ether oxygens (including phenoxy) is 1. The van der Waals surface area contributed by atoms with Crippen LogP contribution < -0.4 is 5.32 Å². The average Bonchev–Trinajstić information content (AvgIpc) is 2.27. The molecule has 0 bridgehead atoms. The molecule has 1 unspecified atom stereocenters. The number of aliphatic hydroxyl groups is 1. The maximum absolute atomic E-state index is 10.7. The lowest BCUT2D eigenvalue weighted by molar-refractivity contribution is -0.142. The Bertz CT molecular complexity index is 214. The van der Waals surface area contributed by atoms with Gasteiger partial charge >= 0.3 is 5.97 Å². The first-order valence-corrected chi connectivity index (χ1v) is 5.76. The van der Waals surface area contributed by atoms with Crippen molar-refractivity contribution in [2.24, 2.45) is 5.92 Å². The predicted molar refractivity (Wildman–Crippen MR) is 59.3 cm³/mol. The van der Waals surface area contributed by atoms with Crippen molar-refractivity contribution in [3.05, 3.63) is 0 Å². The van der Waals surface area contributed by atoms with Crippen LogP contribution in [0.3, 0.4) is 0 Å². The molecule has 1 saturated carbocycles. The van der Waals surface area contributed by atoms with Crippen molar-refractivity contribution in [3.63, 3.8) is 0 Å². The van der Waals surface area contributed by atoms with Crippen molar-refractivity contribution in [2.45, 2.75) is 37.8 Å². The van der Waals surface area contributed by atoms with E-state index in [1.54, 1.807) is 7.11 Å². The fourth-order valence-corrected chi connectivity index (χ4v) is 2.10. The van der Waals surface area contributed by atoms with Crippen LogP contribution in [0.15, 0.2) is 0 Å². The number of hydrogen-bond acceptors (Lipinski definition) is 4. The highest BCUT2D eigenvalue weighted by Gasteiger charge is 2.25. The van der Waals surface area contributed by atoms with Gasteiger partial charge in [-0.25, -0.2) is 0 Å². The van der Waals surface area contributed by atoms with Crippen LogP contribution in [0.4, 0.5) is 0 Å². The summed E-state index contributed by atoms with van der Waals surface area (Å²) in [5, 5.41) is 21.5. The average molecular weight is 231 g/mol. The van der Waals surface area contributed by atoms with Crippen LogP contribution in [-0.2, 0) is 9.53 Å². The predicted octanol–water partition coefficient (Wildman–Crippen LogP) is 0.227. The van der Waals surface area contributed by atoms with Crippen LogP contribution in [0.1, 0.15) is 25.7 Å². The van der Waals surface area contributed by atoms with E-state index in [0.29, 0.717) is 19.2 Å². The van der Waals surface area contributed by atoms with Crippen LogP contribution in [0.25, 0.3) is 0 Å². The lowest BCUT2D eigenvalue weighted by Gasteiger charge is -2.27. The van der Waals surface area contributed by atoms with Gasteiger partial charge in [0.1, 0.15) is 0 Å². The number of carboxylic acids is 1. The van der Waals surface area contributed by atoms with E-state index >= 15 is 0 Å². The van der Waals surface area contributed by atoms with Crippen LogP contribution in [0, 0.1) is 5.92 Å². The molecule has 16 heavy (non-hydrogen) atoms. The number of hydrogen-bond donors (Lipinski definition) is 3. The number of aliphatic carboxylic acids is 1. The number of rotatable bonds is 6. The minimum atomic E-state index is -0.683. The van der Waals surface area contributed by atoms with Crippen molar-refractivity contribution in [1.82, 2.24) is 5.32 Å². The van der Waals surface area contributed by atoms with Gasteiger partial charge in [-0.2, -0.15) is 0 Å². The van der Waals surface area contributed by atoms with E-state index in [2.05, 4.69) is 5.32 Å². The third kappa shape index (κ3) is 4.47. The number of methoxy groups -OCH3 is 1. The van der Waals surface area contributed by atoms with E-state index in [-0.39, 0.29) is 5.92 Å². The van der Waals surface area contributed by atoms with Crippen LogP contribution >= 0.6 is 0 Å². The SMILES string of the molecule is COCC(O)CNC1CCC(C(=O)O)CC1. The van der Waals surface area contributed by atoms with E-state index in [9.17, 15) is 9.90 Å². The van der Waals surface area contributed by atoms with Crippen molar-refractivity contribution >= 4 is 5.97 Å². The van der Waals surface area contributed by atoms with Crippen LogP contribution in [0.5, 0.6) is 0 Å². The molecular weight excluding hydrogens is 210 g/mol. The monoisotopic (exact) mass is 231 g/mol.